The number of rotatable bonds is 5. The number of aromatic hydroxyl groups is 1. The van der Waals surface area contributed by atoms with Crippen molar-refractivity contribution in [3.05, 3.63) is 29.8 Å². The van der Waals surface area contributed by atoms with Crippen LogP contribution in [0.2, 0.25) is 0 Å². The summed E-state index contributed by atoms with van der Waals surface area (Å²) in [5, 5.41) is 20.7. The van der Waals surface area contributed by atoms with Gasteiger partial charge in [0.1, 0.15) is 11.8 Å². The third kappa shape index (κ3) is 4.50. The van der Waals surface area contributed by atoms with Gasteiger partial charge >= 0.3 is 12.0 Å². The number of carbonyl (C=O) groups is 2. The number of nitrogens with one attached hydrogen (secondary N) is 1. The SMILES string of the molecule is CCN(C)C(=O)NC(Cc1ccc(O)cc1)C(=O)O. The Morgan fingerprint density at radius 2 is 1.89 bits per heavy atom. The summed E-state index contributed by atoms with van der Waals surface area (Å²) >= 11 is 0. The first-order chi connectivity index (χ1) is 8.93. The summed E-state index contributed by atoms with van der Waals surface area (Å²) in [5.41, 5.74) is 0.727. The van der Waals surface area contributed by atoms with Gasteiger partial charge in [-0.2, -0.15) is 0 Å². The highest BCUT2D eigenvalue weighted by atomic mass is 16.4. The Hall–Kier alpha value is -2.24. The van der Waals surface area contributed by atoms with Gasteiger partial charge in [-0.15, -0.1) is 0 Å². The minimum Gasteiger partial charge on any atom is -0.508 e. The fourth-order valence-electron chi connectivity index (χ4n) is 1.47. The van der Waals surface area contributed by atoms with Gasteiger partial charge in [-0.25, -0.2) is 9.59 Å². The summed E-state index contributed by atoms with van der Waals surface area (Å²) in [6, 6.07) is 4.80. The average Bonchev–Trinajstić information content (AvgIpc) is 2.39. The Kier molecular flexibility index (Phi) is 5.17. The van der Waals surface area contributed by atoms with Crippen LogP contribution in [-0.4, -0.2) is 46.7 Å². The smallest absolute Gasteiger partial charge is 0.326 e. The Bertz CT molecular complexity index is 444. The second-order valence-corrected chi connectivity index (χ2v) is 4.23. The van der Waals surface area contributed by atoms with Gasteiger partial charge in [-0.3, -0.25) is 0 Å². The molecule has 0 aliphatic rings. The van der Waals surface area contributed by atoms with Crippen LogP contribution in [-0.2, 0) is 11.2 Å². The van der Waals surface area contributed by atoms with Crippen molar-refractivity contribution in [1.29, 1.82) is 0 Å². The number of aliphatic carboxylic acids is 1. The molecule has 1 rings (SSSR count). The summed E-state index contributed by atoms with van der Waals surface area (Å²) in [6.07, 6.45) is 0.166. The van der Waals surface area contributed by atoms with E-state index in [4.69, 9.17) is 10.2 Å². The summed E-state index contributed by atoms with van der Waals surface area (Å²) in [6.45, 7) is 2.30. The third-order valence-corrected chi connectivity index (χ3v) is 2.79. The lowest BCUT2D eigenvalue weighted by Gasteiger charge is -2.20. The number of carboxylic acid groups (broad SMARTS) is 1. The predicted molar refractivity (Wildman–Crippen MR) is 70.1 cm³/mol. The first-order valence-electron chi connectivity index (χ1n) is 5.96. The summed E-state index contributed by atoms with van der Waals surface area (Å²) in [7, 11) is 1.59. The molecular formula is C13H18N2O4. The number of amides is 2. The van der Waals surface area contributed by atoms with Gasteiger partial charge in [-0.05, 0) is 24.6 Å². The summed E-state index contributed by atoms with van der Waals surface area (Å²) < 4.78 is 0. The Balaban J connectivity index is 2.71. The molecule has 3 N–H and O–H groups in total. The first-order valence-corrected chi connectivity index (χ1v) is 5.96. The van der Waals surface area contributed by atoms with Crippen molar-refractivity contribution in [2.45, 2.75) is 19.4 Å². The van der Waals surface area contributed by atoms with E-state index in [2.05, 4.69) is 5.32 Å². The highest BCUT2D eigenvalue weighted by Gasteiger charge is 2.21. The largest absolute Gasteiger partial charge is 0.508 e. The molecule has 6 heteroatoms. The van der Waals surface area contributed by atoms with Crippen molar-refractivity contribution in [3.63, 3.8) is 0 Å². The molecule has 0 saturated heterocycles. The van der Waals surface area contributed by atoms with E-state index in [0.29, 0.717) is 6.54 Å². The fourth-order valence-corrected chi connectivity index (χ4v) is 1.47. The van der Waals surface area contributed by atoms with Crippen LogP contribution in [0.5, 0.6) is 5.75 Å². The van der Waals surface area contributed by atoms with Crippen molar-refractivity contribution >= 4 is 12.0 Å². The number of carbonyl (C=O) groups excluding carboxylic acids is 1. The molecule has 0 aliphatic heterocycles. The molecule has 0 bridgehead atoms. The molecule has 1 aromatic rings. The van der Waals surface area contributed by atoms with E-state index < -0.39 is 18.0 Å². The average molecular weight is 266 g/mol. The lowest BCUT2D eigenvalue weighted by atomic mass is 10.1. The molecule has 19 heavy (non-hydrogen) atoms. The Labute approximate surface area is 111 Å². The zero-order valence-electron chi connectivity index (χ0n) is 11.0. The zero-order chi connectivity index (χ0) is 14.4. The molecular weight excluding hydrogens is 248 g/mol. The molecule has 0 fully saturated rings. The van der Waals surface area contributed by atoms with Gasteiger partial charge in [-0.1, -0.05) is 12.1 Å². The van der Waals surface area contributed by atoms with E-state index in [-0.39, 0.29) is 12.2 Å². The predicted octanol–water partition coefficient (Wildman–Crippen LogP) is 1.05. The molecule has 1 atom stereocenters. The van der Waals surface area contributed by atoms with E-state index >= 15 is 0 Å². The van der Waals surface area contributed by atoms with E-state index in [9.17, 15) is 9.59 Å². The van der Waals surface area contributed by atoms with Crippen LogP contribution < -0.4 is 5.32 Å². The molecule has 0 aliphatic carbocycles. The maximum atomic E-state index is 11.6. The fraction of sp³-hybridized carbons (Fsp3) is 0.385. The second-order valence-electron chi connectivity index (χ2n) is 4.23. The number of nitrogens with zero attached hydrogens (tertiary/aromatic N) is 1. The van der Waals surface area contributed by atoms with Crippen molar-refractivity contribution < 1.29 is 19.8 Å². The van der Waals surface area contributed by atoms with E-state index in [1.165, 1.54) is 17.0 Å². The van der Waals surface area contributed by atoms with Gasteiger partial charge in [0.15, 0.2) is 0 Å². The summed E-state index contributed by atoms with van der Waals surface area (Å²) in [4.78, 5) is 24.2. The van der Waals surface area contributed by atoms with Gasteiger partial charge in [0, 0.05) is 20.0 Å². The van der Waals surface area contributed by atoms with Crippen LogP contribution in [0.25, 0.3) is 0 Å². The topological polar surface area (TPSA) is 89.9 Å². The molecule has 0 spiro atoms. The molecule has 1 unspecified atom stereocenters. The van der Waals surface area contributed by atoms with Gasteiger partial charge in [0.05, 0.1) is 0 Å². The summed E-state index contributed by atoms with van der Waals surface area (Å²) in [5.74, 6) is -0.976. The van der Waals surface area contributed by atoms with Crippen LogP contribution in [0.1, 0.15) is 12.5 Å². The normalized spacial score (nSPS) is 11.7. The molecule has 0 radical (unpaired) electrons. The maximum Gasteiger partial charge on any atom is 0.326 e. The Morgan fingerprint density at radius 1 is 1.32 bits per heavy atom. The van der Waals surface area contributed by atoms with Crippen LogP contribution in [0.3, 0.4) is 0 Å². The lowest BCUT2D eigenvalue weighted by molar-refractivity contribution is -0.139. The number of hydrogen-bond donors (Lipinski definition) is 3. The van der Waals surface area contributed by atoms with E-state index in [1.807, 2.05) is 0 Å². The van der Waals surface area contributed by atoms with Crippen LogP contribution in [0.4, 0.5) is 4.79 Å². The zero-order valence-corrected chi connectivity index (χ0v) is 11.0. The molecule has 0 aromatic heterocycles. The van der Waals surface area contributed by atoms with Crippen molar-refractivity contribution in [3.8, 4) is 5.75 Å². The quantitative estimate of drug-likeness (QED) is 0.743. The van der Waals surface area contributed by atoms with Crippen molar-refractivity contribution in [2.24, 2.45) is 0 Å². The minimum atomic E-state index is -1.09. The highest BCUT2D eigenvalue weighted by Crippen LogP contribution is 2.11. The molecule has 2 amide bonds. The molecule has 104 valence electrons. The number of hydrogen-bond acceptors (Lipinski definition) is 3. The molecule has 6 nitrogen and oxygen atoms in total. The first kappa shape index (κ1) is 14.8. The lowest BCUT2D eigenvalue weighted by Crippen LogP contribution is -2.47. The maximum absolute atomic E-state index is 11.6. The van der Waals surface area contributed by atoms with Gasteiger partial charge < -0.3 is 20.4 Å². The number of phenols is 1. The molecule has 0 heterocycles. The number of urea groups is 1. The van der Waals surface area contributed by atoms with Crippen LogP contribution >= 0.6 is 0 Å². The Morgan fingerprint density at radius 3 is 2.37 bits per heavy atom. The number of phenolic OH excluding ortho intramolecular Hbond substituents is 1. The van der Waals surface area contributed by atoms with Gasteiger partial charge in [0.25, 0.3) is 0 Å². The molecule has 0 saturated carbocycles. The number of carboxylic acids is 1. The second kappa shape index (κ2) is 6.63. The highest BCUT2D eigenvalue weighted by molar-refractivity contribution is 5.82. The van der Waals surface area contributed by atoms with Crippen molar-refractivity contribution in [1.82, 2.24) is 10.2 Å². The molecule has 1 aromatic carbocycles. The number of benzene rings is 1. The van der Waals surface area contributed by atoms with Gasteiger partial charge in [0.2, 0.25) is 0 Å². The van der Waals surface area contributed by atoms with Crippen molar-refractivity contribution in [2.75, 3.05) is 13.6 Å². The standard InChI is InChI=1S/C13H18N2O4/c1-3-15(2)13(19)14-11(12(17)18)8-9-4-6-10(16)7-5-9/h4-7,11,16H,3,8H2,1-2H3,(H,14,19)(H,17,18). The monoisotopic (exact) mass is 266 g/mol. The van der Waals surface area contributed by atoms with Crippen LogP contribution in [0, 0.1) is 0 Å². The van der Waals surface area contributed by atoms with E-state index in [0.717, 1.165) is 5.56 Å². The third-order valence-electron chi connectivity index (χ3n) is 2.79. The van der Waals surface area contributed by atoms with E-state index in [1.54, 1.807) is 26.1 Å². The minimum absolute atomic E-state index is 0.116. The van der Waals surface area contributed by atoms with Crippen LogP contribution in [0.15, 0.2) is 24.3 Å².